The molecule has 17 heavy (non-hydrogen) atoms. The van der Waals surface area contributed by atoms with Crippen molar-refractivity contribution in [2.24, 2.45) is 0 Å². The molecule has 1 aliphatic heterocycles. The van der Waals surface area contributed by atoms with Gasteiger partial charge in [-0.3, -0.25) is 4.90 Å². The first-order chi connectivity index (χ1) is 7.93. The second kappa shape index (κ2) is 6.17. The van der Waals surface area contributed by atoms with E-state index in [0.29, 0.717) is 0 Å². The van der Waals surface area contributed by atoms with Crippen molar-refractivity contribution in [1.82, 2.24) is 10.2 Å². The van der Waals surface area contributed by atoms with Crippen molar-refractivity contribution in [3.63, 3.8) is 0 Å². The van der Waals surface area contributed by atoms with Crippen molar-refractivity contribution in [3.8, 4) is 0 Å². The van der Waals surface area contributed by atoms with Gasteiger partial charge in [-0.2, -0.15) is 0 Å². The lowest BCUT2D eigenvalue weighted by Crippen LogP contribution is -2.67. The van der Waals surface area contributed by atoms with Crippen LogP contribution in [0.15, 0.2) is 0 Å². The molecule has 3 heteroatoms. The molecule has 0 spiro atoms. The molecule has 0 radical (unpaired) electrons. The second-order valence-corrected chi connectivity index (χ2v) is 6.11. The standard InChI is InChI=1S/C14H30N2O/c1-6-9-17-10-8-16-12-14(5,7-2)15-11-13(16,3)4/h15H,6-12H2,1-5H3. The predicted molar refractivity (Wildman–Crippen MR) is 73.5 cm³/mol. The van der Waals surface area contributed by atoms with Crippen LogP contribution in [-0.4, -0.2) is 48.8 Å². The van der Waals surface area contributed by atoms with Crippen molar-refractivity contribution in [2.45, 2.75) is 58.5 Å². The average molecular weight is 242 g/mol. The Hall–Kier alpha value is -0.120. The van der Waals surface area contributed by atoms with Crippen LogP contribution < -0.4 is 5.32 Å². The number of ether oxygens (including phenoxy) is 1. The molecule has 0 amide bonds. The molecule has 3 nitrogen and oxygen atoms in total. The molecule has 1 heterocycles. The fourth-order valence-electron chi connectivity index (χ4n) is 2.27. The lowest BCUT2D eigenvalue weighted by molar-refractivity contribution is 0.00544. The Morgan fingerprint density at radius 1 is 1.18 bits per heavy atom. The summed E-state index contributed by atoms with van der Waals surface area (Å²) in [6, 6.07) is 0. The van der Waals surface area contributed by atoms with Crippen LogP contribution in [0.4, 0.5) is 0 Å². The van der Waals surface area contributed by atoms with Crippen molar-refractivity contribution in [2.75, 3.05) is 32.8 Å². The maximum atomic E-state index is 5.62. The Bertz CT molecular complexity index is 230. The van der Waals surface area contributed by atoms with Crippen LogP contribution in [0.3, 0.4) is 0 Å². The molecule has 1 fully saturated rings. The van der Waals surface area contributed by atoms with Gasteiger partial charge < -0.3 is 10.1 Å². The van der Waals surface area contributed by atoms with Crippen LogP contribution in [0.2, 0.25) is 0 Å². The fraction of sp³-hybridized carbons (Fsp3) is 1.00. The SMILES string of the molecule is CCCOCCN1CC(C)(CC)NCC1(C)C. The maximum absolute atomic E-state index is 5.62. The quantitative estimate of drug-likeness (QED) is 0.723. The van der Waals surface area contributed by atoms with E-state index in [1.54, 1.807) is 0 Å². The van der Waals surface area contributed by atoms with Gasteiger partial charge in [0.05, 0.1) is 6.61 Å². The Kier molecular flexibility index (Phi) is 5.42. The summed E-state index contributed by atoms with van der Waals surface area (Å²) < 4.78 is 5.62. The molecule has 0 saturated carbocycles. The third-order valence-electron chi connectivity index (χ3n) is 3.98. The van der Waals surface area contributed by atoms with E-state index < -0.39 is 0 Å². The Morgan fingerprint density at radius 3 is 2.47 bits per heavy atom. The second-order valence-electron chi connectivity index (χ2n) is 6.11. The number of rotatable bonds is 6. The molecule has 1 aliphatic rings. The monoisotopic (exact) mass is 242 g/mol. The lowest BCUT2D eigenvalue weighted by Gasteiger charge is -2.50. The van der Waals surface area contributed by atoms with E-state index in [4.69, 9.17) is 4.74 Å². The highest BCUT2D eigenvalue weighted by atomic mass is 16.5. The summed E-state index contributed by atoms with van der Waals surface area (Å²) in [5.41, 5.74) is 0.504. The zero-order valence-corrected chi connectivity index (χ0v) is 12.3. The van der Waals surface area contributed by atoms with Crippen LogP contribution in [0.25, 0.3) is 0 Å². The molecule has 1 rings (SSSR count). The van der Waals surface area contributed by atoms with Crippen LogP contribution in [0.5, 0.6) is 0 Å². The number of hydrogen-bond acceptors (Lipinski definition) is 3. The molecular weight excluding hydrogens is 212 g/mol. The summed E-state index contributed by atoms with van der Waals surface area (Å²) in [6.07, 6.45) is 2.28. The largest absolute Gasteiger partial charge is 0.380 e. The van der Waals surface area contributed by atoms with Crippen molar-refractivity contribution in [3.05, 3.63) is 0 Å². The first kappa shape index (κ1) is 14.9. The summed E-state index contributed by atoms with van der Waals surface area (Å²) >= 11 is 0. The van der Waals surface area contributed by atoms with Gasteiger partial charge in [0.1, 0.15) is 0 Å². The van der Waals surface area contributed by atoms with E-state index in [1.165, 1.54) is 6.42 Å². The number of hydrogen-bond donors (Lipinski definition) is 1. The predicted octanol–water partition coefficient (Wildman–Crippen LogP) is 2.27. The zero-order chi connectivity index (χ0) is 12.9. The van der Waals surface area contributed by atoms with E-state index in [0.717, 1.165) is 39.3 Å². The van der Waals surface area contributed by atoms with Gasteiger partial charge in [0.25, 0.3) is 0 Å². The van der Waals surface area contributed by atoms with E-state index in [2.05, 4.69) is 44.8 Å². The van der Waals surface area contributed by atoms with Crippen molar-refractivity contribution in [1.29, 1.82) is 0 Å². The zero-order valence-electron chi connectivity index (χ0n) is 12.3. The van der Waals surface area contributed by atoms with Gasteiger partial charge in [-0.05, 0) is 33.6 Å². The molecule has 1 N–H and O–H groups in total. The van der Waals surface area contributed by atoms with Crippen LogP contribution in [0, 0.1) is 0 Å². The van der Waals surface area contributed by atoms with Crippen molar-refractivity contribution < 1.29 is 4.74 Å². The highest BCUT2D eigenvalue weighted by molar-refractivity contribution is 4.98. The molecule has 0 aliphatic carbocycles. The summed E-state index contributed by atoms with van der Waals surface area (Å²) in [5, 5.41) is 3.68. The van der Waals surface area contributed by atoms with Crippen LogP contribution in [-0.2, 0) is 4.74 Å². The highest BCUT2D eigenvalue weighted by Crippen LogP contribution is 2.25. The summed E-state index contributed by atoms with van der Waals surface area (Å²) in [7, 11) is 0. The fourth-order valence-corrected chi connectivity index (χ4v) is 2.27. The average Bonchev–Trinajstić information content (AvgIpc) is 2.30. The Balaban J connectivity index is 2.47. The maximum Gasteiger partial charge on any atom is 0.0593 e. The lowest BCUT2D eigenvalue weighted by atomic mass is 9.88. The highest BCUT2D eigenvalue weighted by Gasteiger charge is 2.38. The number of piperazine rings is 1. The van der Waals surface area contributed by atoms with Gasteiger partial charge in [-0.25, -0.2) is 0 Å². The third kappa shape index (κ3) is 4.23. The van der Waals surface area contributed by atoms with Gasteiger partial charge in [-0.1, -0.05) is 13.8 Å². The molecule has 0 bridgehead atoms. The van der Waals surface area contributed by atoms with Gasteiger partial charge >= 0.3 is 0 Å². The van der Waals surface area contributed by atoms with Gasteiger partial charge in [0.15, 0.2) is 0 Å². The molecule has 0 aromatic rings. The minimum atomic E-state index is 0.240. The smallest absolute Gasteiger partial charge is 0.0593 e. The molecule has 0 aromatic heterocycles. The van der Waals surface area contributed by atoms with Crippen molar-refractivity contribution >= 4 is 0 Å². The number of nitrogens with zero attached hydrogens (tertiary/aromatic N) is 1. The van der Waals surface area contributed by atoms with E-state index >= 15 is 0 Å². The van der Waals surface area contributed by atoms with E-state index in [1.807, 2.05) is 0 Å². The van der Waals surface area contributed by atoms with Crippen LogP contribution in [0.1, 0.15) is 47.5 Å². The summed E-state index contributed by atoms with van der Waals surface area (Å²) in [5.74, 6) is 0. The molecule has 1 unspecified atom stereocenters. The molecule has 0 aromatic carbocycles. The number of nitrogens with one attached hydrogen (secondary N) is 1. The minimum absolute atomic E-state index is 0.240. The minimum Gasteiger partial charge on any atom is -0.380 e. The third-order valence-corrected chi connectivity index (χ3v) is 3.98. The normalized spacial score (nSPS) is 29.5. The van der Waals surface area contributed by atoms with E-state index in [-0.39, 0.29) is 11.1 Å². The van der Waals surface area contributed by atoms with Gasteiger partial charge in [0.2, 0.25) is 0 Å². The Labute approximate surface area is 107 Å². The van der Waals surface area contributed by atoms with Gasteiger partial charge in [-0.15, -0.1) is 0 Å². The van der Waals surface area contributed by atoms with Gasteiger partial charge in [0, 0.05) is 37.3 Å². The molecule has 1 saturated heterocycles. The van der Waals surface area contributed by atoms with E-state index in [9.17, 15) is 0 Å². The summed E-state index contributed by atoms with van der Waals surface area (Å²) in [4.78, 5) is 2.57. The molecule has 102 valence electrons. The topological polar surface area (TPSA) is 24.5 Å². The summed E-state index contributed by atoms with van der Waals surface area (Å²) in [6.45, 7) is 16.3. The molecular formula is C14H30N2O. The first-order valence-electron chi connectivity index (χ1n) is 7.01. The molecule has 1 atom stereocenters. The Morgan fingerprint density at radius 2 is 1.88 bits per heavy atom. The van der Waals surface area contributed by atoms with Crippen LogP contribution >= 0.6 is 0 Å². The first-order valence-corrected chi connectivity index (χ1v) is 7.01.